The summed E-state index contributed by atoms with van der Waals surface area (Å²) in [5.41, 5.74) is 5.51. The van der Waals surface area contributed by atoms with E-state index in [1.165, 1.54) is 24.3 Å². The number of carbonyl (C=O) groups is 1. The number of carbonyl (C=O) groups excluding carboxylic acids is 1. The summed E-state index contributed by atoms with van der Waals surface area (Å²) >= 11 is 0. The first-order valence-electron chi connectivity index (χ1n) is 5.36. The summed E-state index contributed by atoms with van der Waals surface area (Å²) in [7, 11) is 0. The van der Waals surface area contributed by atoms with Crippen LogP contribution in [0.2, 0.25) is 0 Å². The highest BCUT2D eigenvalue weighted by molar-refractivity contribution is 6.06. The van der Waals surface area contributed by atoms with E-state index in [0.717, 1.165) is 12.1 Å². The van der Waals surface area contributed by atoms with Gasteiger partial charge in [0, 0.05) is 5.69 Å². The second-order valence-electron chi connectivity index (χ2n) is 3.89. The van der Waals surface area contributed by atoms with Gasteiger partial charge in [-0.2, -0.15) is 0 Å². The maximum Gasteiger partial charge on any atom is 0.259 e. The summed E-state index contributed by atoms with van der Waals surface area (Å²) in [5.74, 6) is -1.91. The molecule has 0 unspecified atom stereocenters. The molecule has 6 heteroatoms. The number of rotatable bonds is 2. The van der Waals surface area contributed by atoms with Gasteiger partial charge in [0.2, 0.25) is 0 Å². The summed E-state index contributed by atoms with van der Waals surface area (Å²) in [6, 6.07) is 7.21. The summed E-state index contributed by atoms with van der Waals surface area (Å²) in [4.78, 5) is 11.9. The van der Waals surface area contributed by atoms with Crippen molar-refractivity contribution in [3.05, 3.63) is 47.8 Å². The van der Waals surface area contributed by atoms with Crippen molar-refractivity contribution < 1.29 is 19.4 Å². The highest BCUT2D eigenvalue weighted by Gasteiger charge is 2.14. The van der Waals surface area contributed by atoms with Gasteiger partial charge >= 0.3 is 0 Å². The number of anilines is 2. The van der Waals surface area contributed by atoms with E-state index in [-0.39, 0.29) is 28.4 Å². The molecule has 0 saturated carbocycles. The zero-order valence-corrected chi connectivity index (χ0v) is 9.72. The molecule has 0 radical (unpaired) electrons. The number of hydrogen-bond acceptors (Lipinski definition) is 4. The minimum Gasteiger partial charge on any atom is -0.508 e. The number of halogens is 1. The van der Waals surface area contributed by atoms with Crippen LogP contribution in [0.25, 0.3) is 0 Å². The Morgan fingerprint density at radius 3 is 2.63 bits per heavy atom. The number of aromatic hydroxyl groups is 2. The smallest absolute Gasteiger partial charge is 0.259 e. The Bertz CT molecular complexity index is 644. The van der Waals surface area contributed by atoms with Crippen LogP contribution in [-0.2, 0) is 0 Å². The largest absolute Gasteiger partial charge is 0.508 e. The van der Waals surface area contributed by atoms with E-state index >= 15 is 0 Å². The van der Waals surface area contributed by atoms with E-state index in [1.807, 2.05) is 0 Å². The Hall–Kier alpha value is -2.76. The van der Waals surface area contributed by atoms with Gasteiger partial charge in [0.25, 0.3) is 5.91 Å². The van der Waals surface area contributed by atoms with Crippen LogP contribution >= 0.6 is 0 Å². The van der Waals surface area contributed by atoms with Gasteiger partial charge in [-0.05, 0) is 36.4 Å². The first-order valence-corrected chi connectivity index (χ1v) is 5.36. The standard InChI is InChI=1S/C13H11FN2O3/c14-10-3-1-7(15)5-11(10)16-13(19)9-6-8(17)2-4-12(9)18/h1-6,17-18H,15H2,(H,16,19). The summed E-state index contributed by atoms with van der Waals surface area (Å²) in [6.07, 6.45) is 0. The molecule has 98 valence electrons. The number of amides is 1. The van der Waals surface area contributed by atoms with Crippen LogP contribution in [0.1, 0.15) is 10.4 Å². The van der Waals surface area contributed by atoms with E-state index in [1.54, 1.807) is 0 Å². The lowest BCUT2D eigenvalue weighted by molar-refractivity contribution is 0.102. The zero-order chi connectivity index (χ0) is 14.0. The number of nitrogens with two attached hydrogens (primary N) is 1. The van der Waals surface area contributed by atoms with Crippen LogP contribution < -0.4 is 11.1 Å². The zero-order valence-electron chi connectivity index (χ0n) is 9.72. The van der Waals surface area contributed by atoms with Crippen molar-refractivity contribution in [2.75, 3.05) is 11.1 Å². The molecule has 2 rings (SSSR count). The van der Waals surface area contributed by atoms with Crippen LogP contribution in [0.3, 0.4) is 0 Å². The van der Waals surface area contributed by atoms with Gasteiger partial charge in [-0.3, -0.25) is 4.79 Å². The third kappa shape index (κ3) is 2.74. The molecule has 0 saturated heterocycles. The number of hydrogen-bond donors (Lipinski definition) is 4. The van der Waals surface area contributed by atoms with E-state index in [9.17, 15) is 19.4 Å². The summed E-state index contributed by atoms with van der Waals surface area (Å²) in [6.45, 7) is 0. The van der Waals surface area contributed by atoms with E-state index in [2.05, 4.69) is 5.32 Å². The normalized spacial score (nSPS) is 10.2. The molecule has 0 spiro atoms. The molecule has 0 atom stereocenters. The maximum absolute atomic E-state index is 13.4. The fraction of sp³-hybridized carbons (Fsp3) is 0. The average molecular weight is 262 g/mol. The quantitative estimate of drug-likeness (QED) is 0.492. The van der Waals surface area contributed by atoms with Crippen LogP contribution in [-0.4, -0.2) is 16.1 Å². The lowest BCUT2D eigenvalue weighted by Gasteiger charge is -2.08. The third-order valence-corrected chi connectivity index (χ3v) is 2.46. The molecule has 0 heterocycles. The molecular weight excluding hydrogens is 251 g/mol. The molecule has 2 aromatic rings. The number of nitrogens with one attached hydrogen (secondary N) is 1. The van der Waals surface area contributed by atoms with Crippen molar-refractivity contribution in [3.63, 3.8) is 0 Å². The fourth-order valence-electron chi connectivity index (χ4n) is 1.53. The Morgan fingerprint density at radius 2 is 1.89 bits per heavy atom. The minimum atomic E-state index is -0.752. The minimum absolute atomic E-state index is 0.104. The van der Waals surface area contributed by atoms with E-state index < -0.39 is 11.7 Å². The molecule has 0 bridgehead atoms. The maximum atomic E-state index is 13.4. The SMILES string of the molecule is Nc1ccc(F)c(NC(=O)c2cc(O)ccc2O)c1. The number of phenolic OH excluding ortho intramolecular Hbond substituents is 2. The fourth-order valence-corrected chi connectivity index (χ4v) is 1.53. The first-order chi connectivity index (χ1) is 8.97. The molecule has 0 aromatic heterocycles. The third-order valence-electron chi connectivity index (χ3n) is 2.46. The summed E-state index contributed by atoms with van der Waals surface area (Å²) in [5, 5.41) is 21.1. The van der Waals surface area contributed by atoms with Gasteiger partial charge in [0.05, 0.1) is 11.3 Å². The van der Waals surface area contributed by atoms with Gasteiger partial charge in [-0.25, -0.2) is 4.39 Å². The molecule has 0 aliphatic carbocycles. The van der Waals surface area contributed by atoms with Crippen molar-refractivity contribution >= 4 is 17.3 Å². The molecule has 5 nitrogen and oxygen atoms in total. The molecule has 5 N–H and O–H groups in total. The monoisotopic (exact) mass is 262 g/mol. The first kappa shape index (κ1) is 12.7. The summed E-state index contributed by atoms with van der Waals surface area (Å²) < 4.78 is 13.4. The Morgan fingerprint density at radius 1 is 1.16 bits per heavy atom. The highest BCUT2D eigenvalue weighted by atomic mass is 19.1. The molecule has 2 aromatic carbocycles. The lowest BCUT2D eigenvalue weighted by Crippen LogP contribution is -2.13. The van der Waals surface area contributed by atoms with Gasteiger partial charge in [-0.1, -0.05) is 0 Å². The van der Waals surface area contributed by atoms with Crippen molar-refractivity contribution in [1.82, 2.24) is 0 Å². The van der Waals surface area contributed by atoms with Crippen molar-refractivity contribution in [2.45, 2.75) is 0 Å². The average Bonchev–Trinajstić information content (AvgIpc) is 2.36. The molecule has 0 fully saturated rings. The van der Waals surface area contributed by atoms with Crippen molar-refractivity contribution in [1.29, 1.82) is 0 Å². The second-order valence-corrected chi connectivity index (χ2v) is 3.89. The molecule has 0 aliphatic heterocycles. The van der Waals surface area contributed by atoms with E-state index in [0.29, 0.717) is 0 Å². The Kier molecular flexibility index (Phi) is 3.24. The van der Waals surface area contributed by atoms with Crippen LogP contribution in [0, 0.1) is 5.82 Å². The van der Waals surface area contributed by atoms with Gasteiger partial charge in [0.1, 0.15) is 17.3 Å². The predicted molar refractivity (Wildman–Crippen MR) is 68.5 cm³/mol. The van der Waals surface area contributed by atoms with Crippen LogP contribution in [0.15, 0.2) is 36.4 Å². The van der Waals surface area contributed by atoms with Gasteiger partial charge < -0.3 is 21.3 Å². The van der Waals surface area contributed by atoms with Gasteiger partial charge in [-0.15, -0.1) is 0 Å². The Balaban J connectivity index is 2.30. The number of nitrogen functional groups attached to an aromatic ring is 1. The topological polar surface area (TPSA) is 95.6 Å². The molecular formula is C13H11FN2O3. The van der Waals surface area contributed by atoms with E-state index in [4.69, 9.17) is 5.73 Å². The lowest BCUT2D eigenvalue weighted by atomic mass is 10.1. The van der Waals surface area contributed by atoms with Crippen molar-refractivity contribution in [2.24, 2.45) is 0 Å². The second kappa shape index (κ2) is 4.85. The molecule has 0 aliphatic rings. The number of benzene rings is 2. The van der Waals surface area contributed by atoms with Crippen LogP contribution in [0.4, 0.5) is 15.8 Å². The van der Waals surface area contributed by atoms with Crippen LogP contribution in [0.5, 0.6) is 11.5 Å². The molecule has 1 amide bonds. The highest BCUT2D eigenvalue weighted by Crippen LogP contribution is 2.24. The Labute approximate surface area is 108 Å². The van der Waals surface area contributed by atoms with Crippen molar-refractivity contribution in [3.8, 4) is 11.5 Å². The predicted octanol–water partition coefficient (Wildman–Crippen LogP) is 2.07. The number of phenols is 2. The molecule has 19 heavy (non-hydrogen) atoms. The van der Waals surface area contributed by atoms with Gasteiger partial charge in [0.15, 0.2) is 0 Å².